The summed E-state index contributed by atoms with van der Waals surface area (Å²) in [6.07, 6.45) is 4.34. The van der Waals surface area contributed by atoms with Gasteiger partial charge in [0.15, 0.2) is 0 Å². The molecule has 92 valence electrons. The Morgan fingerprint density at radius 2 is 2.41 bits per heavy atom. The smallest absolute Gasteiger partial charge is 0.240 e. The van der Waals surface area contributed by atoms with Crippen molar-refractivity contribution in [1.29, 1.82) is 0 Å². The van der Waals surface area contributed by atoms with Gasteiger partial charge in [0.2, 0.25) is 12.0 Å². The lowest BCUT2D eigenvalue weighted by Gasteiger charge is -2.20. The molecule has 0 aliphatic heterocycles. The quantitative estimate of drug-likeness (QED) is 0.458. The van der Waals surface area contributed by atoms with E-state index < -0.39 is 0 Å². The standard InChI is InChI=1S/C12H16N2O3/c1-8-4-9(2)11(6-17-14-10(3)16)12(5-8)13-7-15/h5,8H,4,6H2,1-3H3,(H,14,16)/t8-/m0/s1. The number of hydroxylamine groups is 1. The van der Waals surface area contributed by atoms with Gasteiger partial charge in [-0.2, -0.15) is 4.99 Å². The van der Waals surface area contributed by atoms with Gasteiger partial charge in [0.1, 0.15) is 6.61 Å². The second-order valence-corrected chi connectivity index (χ2v) is 4.14. The Balaban J connectivity index is 2.78. The molecule has 5 nitrogen and oxygen atoms in total. The van der Waals surface area contributed by atoms with E-state index >= 15 is 0 Å². The van der Waals surface area contributed by atoms with Crippen LogP contribution < -0.4 is 5.48 Å². The van der Waals surface area contributed by atoms with Gasteiger partial charge >= 0.3 is 0 Å². The van der Waals surface area contributed by atoms with E-state index in [1.54, 1.807) is 0 Å². The first-order valence-corrected chi connectivity index (χ1v) is 5.41. The molecule has 17 heavy (non-hydrogen) atoms. The van der Waals surface area contributed by atoms with Crippen LogP contribution in [-0.2, 0) is 14.4 Å². The van der Waals surface area contributed by atoms with Gasteiger partial charge in [-0.15, -0.1) is 0 Å². The molecule has 1 amide bonds. The molecule has 1 atom stereocenters. The summed E-state index contributed by atoms with van der Waals surface area (Å²) < 4.78 is 0. The Morgan fingerprint density at radius 1 is 1.71 bits per heavy atom. The van der Waals surface area contributed by atoms with E-state index in [0.29, 0.717) is 11.6 Å². The zero-order valence-corrected chi connectivity index (χ0v) is 10.2. The van der Waals surface area contributed by atoms with E-state index in [9.17, 15) is 9.59 Å². The summed E-state index contributed by atoms with van der Waals surface area (Å²) in [5.74, 6) is 0.0727. The monoisotopic (exact) mass is 236 g/mol. The first-order chi connectivity index (χ1) is 8.04. The number of carbonyl (C=O) groups is 1. The minimum atomic E-state index is -0.267. The second-order valence-electron chi connectivity index (χ2n) is 4.14. The lowest BCUT2D eigenvalue weighted by atomic mass is 9.90. The number of nitrogens with zero attached hydrogens (tertiary/aromatic N) is 1. The molecule has 1 aliphatic carbocycles. The molecule has 0 saturated heterocycles. The fourth-order valence-corrected chi connectivity index (χ4v) is 1.81. The Hall–Kier alpha value is -1.71. The third kappa shape index (κ3) is 3.98. The van der Waals surface area contributed by atoms with E-state index in [4.69, 9.17) is 4.84 Å². The number of amides is 1. The van der Waals surface area contributed by atoms with Gasteiger partial charge in [-0.3, -0.25) is 9.63 Å². The van der Waals surface area contributed by atoms with Crippen molar-refractivity contribution in [3.63, 3.8) is 0 Å². The first-order valence-electron chi connectivity index (χ1n) is 5.41. The molecule has 0 saturated carbocycles. The van der Waals surface area contributed by atoms with E-state index in [2.05, 4.69) is 17.4 Å². The van der Waals surface area contributed by atoms with Crippen LogP contribution >= 0.6 is 0 Å². The van der Waals surface area contributed by atoms with Crippen molar-refractivity contribution >= 4 is 12.0 Å². The molecule has 0 fully saturated rings. The van der Waals surface area contributed by atoms with E-state index in [0.717, 1.165) is 17.6 Å². The van der Waals surface area contributed by atoms with Crippen molar-refractivity contribution in [2.45, 2.75) is 27.2 Å². The number of isocyanates is 1. The van der Waals surface area contributed by atoms with E-state index in [-0.39, 0.29) is 12.5 Å². The fraction of sp³-hybridized carbons (Fsp3) is 0.500. The molecule has 0 spiro atoms. The van der Waals surface area contributed by atoms with Crippen molar-refractivity contribution in [1.82, 2.24) is 5.48 Å². The number of carbonyl (C=O) groups excluding carboxylic acids is 2. The summed E-state index contributed by atoms with van der Waals surface area (Å²) in [4.78, 5) is 29.7. The average molecular weight is 236 g/mol. The predicted molar refractivity (Wildman–Crippen MR) is 62.5 cm³/mol. The van der Waals surface area contributed by atoms with Crippen molar-refractivity contribution in [3.05, 3.63) is 22.9 Å². The summed E-state index contributed by atoms with van der Waals surface area (Å²) in [7, 11) is 0. The fourth-order valence-electron chi connectivity index (χ4n) is 1.81. The minimum Gasteiger partial charge on any atom is -0.273 e. The van der Waals surface area contributed by atoms with Crippen LogP contribution in [0, 0.1) is 5.92 Å². The van der Waals surface area contributed by atoms with Crippen LogP contribution in [0.1, 0.15) is 27.2 Å². The van der Waals surface area contributed by atoms with Gasteiger partial charge < -0.3 is 0 Å². The van der Waals surface area contributed by atoms with Gasteiger partial charge in [0.05, 0.1) is 5.70 Å². The number of hydrogen-bond acceptors (Lipinski definition) is 4. The minimum absolute atomic E-state index is 0.204. The summed E-state index contributed by atoms with van der Waals surface area (Å²) >= 11 is 0. The third-order valence-electron chi connectivity index (χ3n) is 2.49. The Bertz CT molecular complexity index is 417. The number of hydrogen-bond donors (Lipinski definition) is 1. The predicted octanol–water partition coefficient (Wildman–Crippen LogP) is 1.63. The molecule has 1 N–H and O–H groups in total. The highest BCUT2D eigenvalue weighted by Crippen LogP contribution is 2.29. The summed E-state index contributed by atoms with van der Waals surface area (Å²) in [5.41, 5.74) is 4.78. The molecule has 0 aromatic carbocycles. The zero-order chi connectivity index (χ0) is 12.8. The molecule has 1 aliphatic rings. The summed E-state index contributed by atoms with van der Waals surface area (Å²) in [6, 6.07) is 0. The highest BCUT2D eigenvalue weighted by molar-refractivity contribution is 5.71. The molecule has 0 heterocycles. The molecule has 0 unspecified atom stereocenters. The van der Waals surface area contributed by atoms with Crippen molar-refractivity contribution in [3.8, 4) is 0 Å². The maximum atomic E-state index is 10.7. The van der Waals surface area contributed by atoms with Crippen molar-refractivity contribution in [2.75, 3.05) is 6.61 Å². The summed E-state index contributed by atoms with van der Waals surface area (Å²) in [5, 5.41) is 0. The lowest BCUT2D eigenvalue weighted by molar-refractivity contribution is -0.130. The van der Waals surface area contributed by atoms with Gasteiger partial charge in [0, 0.05) is 12.5 Å². The molecular weight excluding hydrogens is 220 g/mol. The highest BCUT2D eigenvalue weighted by Gasteiger charge is 2.17. The molecule has 5 heteroatoms. The second kappa shape index (κ2) is 6.13. The largest absolute Gasteiger partial charge is 0.273 e. The zero-order valence-electron chi connectivity index (χ0n) is 10.2. The van der Waals surface area contributed by atoms with Gasteiger partial charge in [-0.05, 0) is 19.3 Å². The molecule has 0 bridgehead atoms. The van der Waals surface area contributed by atoms with E-state index in [1.807, 2.05) is 13.0 Å². The van der Waals surface area contributed by atoms with Crippen molar-refractivity contribution < 1.29 is 14.4 Å². The van der Waals surface area contributed by atoms with Crippen LogP contribution in [0.15, 0.2) is 27.9 Å². The van der Waals surface area contributed by atoms with Crippen LogP contribution in [0.4, 0.5) is 0 Å². The van der Waals surface area contributed by atoms with Crippen LogP contribution in [0.3, 0.4) is 0 Å². The van der Waals surface area contributed by atoms with Crippen LogP contribution in [0.2, 0.25) is 0 Å². The molecule has 0 radical (unpaired) electrons. The number of nitrogens with one attached hydrogen (secondary N) is 1. The Labute approximate surface area is 100 Å². The number of allylic oxidation sites excluding steroid dienone is 2. The first kappa shape index (κ1) is 13.4. The van der Waals surface area contributed by atoms with Crippen molar-refractivity contribution in [2.24, 2.45) is 10.9 Å². The maximum Gasteiger partial charge on any atom is 0.240 e. The Kier molecular flexibility index (Phi) is 4.82. The van der Waals surface area contributed by atoms with Gasteiger partial charge in [0.25, 0.3) is 0 Å². The Morgan fingerprint density at radius 3 is 3.00 bits per heavy atom. The van der Waals surface area contributed by atoms with E-state index in [1.165, 1.54) is 13.0 Å². The molecular formula is C12H16N2O3. The van der Waals surface area contributed by atoms with Crippen LogP contribution in [0.5, 0.6) is 0 Å². The maximum absolute atomic E-state index is 10.7. The average Bonchev–Trinajstić information content (AvgIpc) is 2.21. The van der Waals surface area contributed by atoms with Gasteiger partial charge in [-0.1, -0.05) is 18.6 Å². The van der Waals surface area contributed by atoms with Crippen LogP contribution in [0.25, 0.3) is 0 Å². The van der Waals surface area contributed by atoms with Crippen LogP contribution in [-0.4, -0.2) is 18.6 Å². The molecule has 0 aromatic rings. The highest BCUT2D eigenvalue weighted by atomic mass is 16.6. The molecule has 0 aromatic heterocycles. The lowest BCUT2D eigenvalue weighted by Crippen LogP contribution is -2.22. The number of rotatable bonds is 4. The number of aliphatic imine (C=N–C) groups is 1. The third-order valence-corrected chi connectivity index (χ3v) is 2.49. The summed E-state index contributed by atoms with van der Waals surface area (Å²) in [6.45, 7) is 5.59. The molecule has 1 rings (SSSR count). The normalized spacial score (nSPS) is 19.5. The SMILES string of the molecule is CC(=O)NOCC1=C(C)C[C@H](C)C=C1N=C=O. The topological polar surface area (TPSA) is 67.8 Å². The van der Waals surface area contributed by atoms with Gasteiger partial charge in [-0.25, -0.2) is 10.3 Å².